The van der Waals surface area contributed by atoms with Gasteiger partial charge in [0.15, 0.2) is 0 Å². The van der Waals surface area contributed by atoms with Crippen LogP contribution in [0.4, 0.5) is 5.82 Å². The summed E-state index contributed by atoms with van der Waals surface area (Å²) in [5.74, 6) is 1.45. The van der Waals surface area contributed by atoms with E-state index in [1.165, 1.54) is 37.4 Å². The second kappa shape index (κ2) is 8.04. The molecule has 1 N–H and O–H groups in total. The number of anilines is 1. The van der Waals surface area contributed by atoms with Crippen LogP contribution in [0.5, 0.6) is 0 Å². The van der Waals surface area contributed by atoms with Crippen LogP contribution in [0.25, 0.3) is 0 Å². The third kappa shape index (κ3) is 4.74. The number of hydrogen-bond donors (Lipinski definition) is 1. The first-order valence-electron chi connectivity index (χ1n) is 6.45. The van der Waals surface area contributed by atoms with Crippen LogP contribution in [0, 0.1) is 0 Å². The Bertz CT molecular complexity index is 509. The van der Waals surface area contributed by atoms with Gasteiger partial charge in [-0.1, -0.05) is 12.8 Å². The lowest BCUT2D eigenvalue weighted by Gasteiger charge is -2.07. The molecular weight excluding hydrogens is 264 g/mol. The minimum absolute atomic E-state index is 0.244. The van der Waals surface area contributed by atoms with E-state index in [-0.39, 0.29) is 11.4 Å². The van der Waals surface area contributed by atoms with Crippen LogP contribution in [0.1, 0.15) is 25.7 Å². The van der Waals surface area contributed by atoms with Crippen LogP contribution in [0.15, 0.2) is 9.59 Å². The Morgan fingerprint density at radius 2 is 1.84 bits per heavy atom. The van der Waals surface area contributed by atoms with Crippen molar-refractivity contribution in [1.29, 1.82) is 0 Å². The van der Waals surface area contributed by atoms with E-state index < -0.39 is 5.69 Å². The van der Waals surface area contributed by atoms with Gasteiger partial charge in [0.25, 0.3) is 5.56 Å². The molecule has 0 aliphatic rings. The number of nitrogens with one attached hydrogen (secondary N) is 1. The summed E-state index contributed by atoms with van der Waals surface area (Å²) in [5.41, 5.74) is -0.780. The number of rotatable bonds is 8. The minimum Gasteiger partial charge on any atom is -0.364 e. The van der Waals surface area contributed by atoms with Crippen molar-refractivity contribution in [1.82, 2.24) is 14.3 Å². The SMILES string of the molecule is CSCCCCCCNc1nn(C)c(=O)n(C)c1=O. The largest absolute Gasteiger partial charge is 0.364 e. The molecule has 1 aromatic heterocycles. The number of aromatic nitrogens is 3. The first-order chi connectivity index (χ1) is 9.07. The fraction of sp³-hybridized carbons (Fsp3) is 0.750. The van der Waals surface area contributed by atoms with Gasteiger partial charge in [-0.25, -0.2) is 9.48 Å². The lowest BCUT2D eigenvalue weighted by Crippen LogP contribution is -2.40. The van der Waals surface area contributed by atoms with E-state index >= 15 is 0 Å². The molecule has 0 aromatic carbocycles. The fourth-order valence-corrected chi connectivity index (χ4v) is 2.23. The third-order valence-electron chi connectivity index (χ3n) is 2.89. The summed E-state index contributed by atoms with van der Waals surface area (Å²) in [6.07, 6.45) is 6.70. The summed E-state index contributed by atoms with van der Waals surface area (Å²) in [7, 11) is 3.00. The summed E-state index contributed by atoms with van der Waals surface area (Å²) in [6, 6.07) is 0. The Morgan fingerprint density at radius 3 is 2.53 bits per heavy atom. The zero-order valence-corrected chi connectivity index (χ0v) is 12.6. The van der Waals surface area contributed by atoms with Crippen LogP contribution in [0.3, 0.4) is 0 Å². The van der Waals surface area contributed by atoms with Crippen molar-refractivity contribution in [3.63, 3.8) is 0 Å². The van der Waals surface area contributed by atoms with Crippen LogP contribution in [-0.4, -0.2) is 32.9 Å². The van der Waals surface area contributed by atoms with Crippen LogP contribution in [0.2, 0.25) is 0 Å². The van der Waals surface area contributed by atoms with Gasteiger partial charge in [0.2, 0.25) is 5.82 Å². The van der Waals surface area contributed by atoms with Gasteiger partial charge in [-0.2, -0.15) is 11.8 Å². The zero-order chi connectivity index (χ0) is 14.3. The molecule has 0 bridgehead atoms. The first kappa shape index (κ1) is 15.8. The van der Waals surface area contributed by atoms with E-state index in [9.17, 15) is 9.59 Å². The van der Waals surface area contributed by atoms with E-state index in [4.69, 9.17) is 0 Å². The molecule has 1 heterocycles. The first-order valence-corrected chi connectivity index (χ1v) is 7.84. The Labute approximate surface area is 117 Å². The molecule has 0 aliphatic carbocycles. The Morgan fingerprint density at radius 1 is 1.16 bits per heavy atom. The predicted molar refractivity (Wildman–Crippen MR) is 80.1 cm³/mol. The van der Waals surface area contributed by atoms with E-state index in [1.54, 1.807) is 0 Å². The zero-order valence-electron chi connectivity index (χ0n) is 11.8. The molecule has 0 fully saturated rings. The van der Waals surface area contributed by atoms with E-state index in [1.807, 2.05) is 11.8 Å². The predicted octanol–water partition coefficient (Wildman–Crippen LogP) is 0.814. The molecule has 0 atom stereocenters. The Hall–Kier alpha value is -1.24. The molecule has 0 saturated heterocycles. The lowest BCUT2D eigenvalue weighted by molar-refractivity contribution is 0.602. The van der Waals surface area contributed by atoms with Crippen molar-refractivity contribution in [2.45, 2.75) is 25.7 Å². The normalized spacial score (nSPS) is 10.7. The van der Waals surface area contributed by atoms with Crippen molar-refractivity contribution < 1.29 is 0 Å². The monoisotopic (exact) mass is 286 g/mol. The van der Waals surface area contributed by atoms with Gasteiger partial charge in [-0.15, -0.1) is 5.10 Å². The summed E-state index contributed by atoms with van der Waals surface area (Å²) in [5, 5.41) is 6.94. The van der Waals surface area contributed by atoms with Crippen LogP contribution in [-0.2, 0) is 14.1 Å². The van der Waals surface area contributed by atoms with E-state index in [0.717, 1.165) is 17.4 Å². The van der Waals surface area contributed by atoms with Crippen LogP contribution < -0.4 is 16.6 Å². The summed E-state index contributed by atoms with van der Waals surface area (Å²) in [4.78, 5) is 23.2. The van der Waals surface area contributed by atoms with Crippen molar-refractivity contribution in [3.05, 3.63) is 20.8 Å². The molecule has 6 nitrogen and oxygen atoms in total. The van der Waals surface area contributed by atoms with Gasteiger partial charge in [0.05, 0.1) is 0 Å². The van der Waals surface area contributed by atoms with Crippen LogP contribution >= 0.6 is 11.8 Å². The molecular formula is C12H22N4O2S. The fourth-order valence-electron chi connectivity index (χ4n) is 1.74. The maximum absolute atomic E-state index is 11.8. The highest BCUT2D eigenvalue weighted by atomic mass is 32.2. The second-order valence-corrected chi connectivity index (χ2v) is 5.44. The van der Waals surface area contributed by atoms with Gasteiger partial charge in [0, 0.05) is 20.6 Å². The average molecular weight is 286 g/mol. The molecule has 1 rings (SSSR count). The van der Waals surface area contributed by atoms with Crippen molar-refractivity contribution >= 4 is 17.6 Å². The smallest absolute Gasteiger partial charge is 0.346 e. The molecule has 0 aliphatic heterocycles. The number of thioether (sulfide) groups is 1. The van der Waals surface area contributed by atoms with Gasteiger partial charge in [-0.3, -0.25) is 9.36 Å². The number of unbranched alkanes of at least 4 members (excludes halogenated alkanes) is 3. The average Bonchev–Trinajstić information content (AvgIpc) is 2.41. The standard InChI is InChI=1S/C12H22N4O2S/c1-15-11(17)10(14-16(2)12(15)18)13-8-6-4-5-7-9-19-3/h4-9H2,1-3H3,(H,13,14). The highest BCUT2D eigenvalue weighted by molar-refractivity contribution is 7.98. The molecule has 0 amide bonds. The number of nitrogens with zero attached hydrogens (tertiary/aromatic N) is 3. The molecule has 108 valence electrons. The number of aryl methyl sites for hydroxylation is 1. The second-order valence-electron chi connectivity index (χ2n) is 4.45. The van der Waals surface area contributed by atoms with E-state index in [0.29, 0.717) is 6.54 Å². The maximum Gasteiger partial charge on any atom is 0.346 e. The summed E-state index contributed by atoms with van der Waals surface area (Å²) >= 11 is 1.87. The molecule has 0 saturated carbocycles. The maximum atomic E-state index is 11.8. The van der Waals surface area contributed by atoms with Crippen molar-refractivity contribution in [2.24, 2.45) is 14.1 Å². The molecule has 19 heavy (non-hydrogen) atoms. The lowest BCUT2D eigenvalue weighted by atomic mass is 10.2. The molecule has 0 unspecified atom stereocenters. The van der Waals surface area contributed by atoms with Crippen molar-refractivity contribution in [3.8, 4) is 0 Å². The van der Waals surface area contributed by atoms with Gasteiger partial charge < -0.3 is 5.32 Å². The minimum atomic E-state index is -0.410. The molecule has 7 heteroatoms. The molecule has 1 aromatic rings. The number of hydrogen-bond acceptors (Lipinski definition) is 5. The molecule has 0 spiro atoms. The third-order valence-corrected chi connectivity index (χ3v) is 3.59. The quantitative estimate of drug-likeness (QED) is 0.716. The van der Waals surface area contributed by atoms with Gasteiger partial charge >= 0.3 is 5.69 Å². The summed E-state index contributed by atoms with van der Waals surface area (Å²) in [6.45, 7) is 0.708. The molecule has 0 radical (unpaired) electrons. The van der Waals surface area contributed by atoms with Crippen molar-refractivity contribution in [2.75, 3.05) is 23.9 Å². The highest BCUT2D eigenvalue weighted by Gasteiger charge is 2.07. The summed E-state index contributed by atoms with van der Waals surface area (Å²) < 4.78 is 2.23. The Balaban J connectivity index is 2.42. The topological polar surface area (TPSA) is 68.9 Å². The Kier molecular flexibility index (Phi) is 6.69. The van der Waals surface area contributed by atoms with Gasteiger partial charge in [-0.05, 0) is 24.9 Å². The van der Waals surface area contributed by atoms with E-state index in [2.05, 4.69) is 16.7 Å². The van der Waals surface area contributed by atoms with Gasteiger partial charge in [0.1, 0.15) is 0 Å². The highest BCUT2D eigenvalue weighted by Crippen LogP contribution is 2.04.